The lowest BCUT2D eigenvalue weighted by Gasteiger charge is -2.21. The molecule has 1 atom stereocenters. The predicted molar refractivity (Wildman–Crippen MR) is 84.8 cm³/mol. The number of hydrogen-bond acceptors (Lipinski definition) is 4. The fourth-order valence-corrected chi connectivity index (χ4v) is 3.39. The maximum Gasteiger partial charge on any atom is 0.124 e. The standard InChI is InChI=1S/C16H22N2OS/c1-10-6-11(2)16(14(7-10)19-5)13(17-4)8-15-18-12(3)9-20-15/h6-7,9,13,17H,8H2,1-5H3. The highest BCUT2D eigenvalue weighted by molar-refractivity contribution is 7.09. The van der Waals surface area contributed by atoms with Crippen molar-refractivity contribution in [2.45, 2.75) is 33.2 Å². The second-order valence-corrected chi connectivity index (χ2v) is 6.07. The fraction of sp³-hybridized carbons (Fsp3) is 0.438. The molecule has 3 nitrogen and oxygen atoms in total. The minimum Gasteiger partial charge on any atom is -0.496 e. The largest absolute Gasteiger partial charge is 0.496 e. The molecule has 1 aromatic heterocycles. The predicted octanol–water partition coefficient (Wildman–Crippen LogP) is 3.58. The van der Waals surface area contributed by atoms with Crippen molar-refractivity contribution in [1.82, 2.24) is 10.3 Å². The number of benzene rings is 1. The maximum atomic E-state index is 5.58. The van der Waals surface area contributed by atoms with Crippen LogP contribution in [-0.2, 0) is 6.42 Å². The molecule has 1 heterocycles. The van der Waals surface area contributed by atoms with E-state index in [0.29, 0.717) is 0 Å². The average molecular weight is 290 g/mol. The first-order valence-corrected chi connectivity index (χ1v) is 7.66. The van der Waals surface area contributed by atoms with Gasteiger partial charge in [0.1, 0.15) is 5.75 Å². The van der Waals surface area contributed by atoms with E-state index in [0.717, 1.165) is 22.9 Å². The Hall–Kier alpha value is -1.39. The van der Waals surface area contributed by atoms with Crippen molar-refractivity contribution >= 4 is 11.3 Å². The molecule has 0 aliphatic rings. The smallest absolute Gasteiger partial charge is 0.124 e. The van der Waals surface area contributed by atoms with Crippen molar-refractivity contribution in [3.63, 3.8) is 0 Å². The Bertz CT molecular complexity index is 592. The van der Waals surface area contributed by atoms with E-state index < -0.39 is 0 Å². The summed E-state index contributed by atoms with van der Waals surface area (Å²) in [6.07, 6.45) is 0.884. The van der Waals surface area contributed by atoms with Gasteiger partial charge in [0.25, 0.3) is 0 Å². The van der Waals surface area contributed by atoms with Gasteiger partial charge in [-0.1, -0.05) is 6.07 Å². The normalized spacial score (nSPS) is 12.4. The molecule has 0 spiro atoms. The molecular weight excluding hydrogens is 268 g/mol. The lowest BCUT2D eigenvalue weighted by Crippen LogP contribution is -2.20. The van der Waals surface area contributed by atoms with Crippen LogP contribution in [0, 0.1) is 20.8 Å². The van der Waals surface area contributed by atoms with E-state index in [-0.39, 0.29) is 6.04 Å². The zero-order valence-corrected chi connectivity index (χ0v) is 13.6. The molecule has 0 aliphatic carbocycles. The van der Waals surface area contributed by atoms with E-state index in [1.165, 1.54) is 16.7 Å². The molecule has 2 aromatic rings. The number of nitrogens with zero attached hydrogens (tertiary/aromatic N) is 1. The lowest BCUT2D eigenvalue weighted by atomic mass is 9.96. The molecule has 4 heteroatoms. The van der Waals surface area contributed by atoms with E-state index >= 15 is 0 Å². The van der Waals surface area contributed by atoms with E-state index in [2.05, 4.69) is 41.7 Å². The molecular formula is C16H22N2OS. The van der Waals surface area contributed by atoms with Gasteiger partial charge in [-0.2, -0.15) is 0 Å². The average Bonchev–Trinajstić information content (AvgIpc) is 2.81. The third-order valence-corrected chi connectivity index (χ3v) is 4.44. The van der Waals surface area contributed by atoms with Crippen LogP contribution < -0.4 is 10.1 Å². The van der Waals surface area contributed by atoms with Crippen molar-refractivity contribution < 1.29 is 4.74 Å². The van der Waals surface area contributed by atoms with Crippen LogP contribution in [-0.4, -0.2) is 19.1 Å². The highest BCUT2D eigenvalue weighted by Crippen LogP contribution is 2.32. The van der Waals surface area contributed by atoms with Crippen molar-refractivity contribution in [3.05, 3.63) is 44.9 Å². The lowest BCUT2D eigenvalue weighted by molar-refractivity contribution is 0.400. The summed E-state index contributed by atoms with van der Waals surface area (Å²) in [5, 5.41) is 6.65. The zero-order chi connectivity index (χ0) is 14.7. The van der Waals surface area contributed by atoms with Gasteiger partial charge in [-0.25, -0.2) is 4.98 Å². The van der Waals surface area contributed by atoms with Gasteiger partial charge in [-0.3, -0.25) is 0 Å². The summed E-state index contributed by atoms with van der Waals surface area (Å²) in [5.74, 6) is 0.954. The number of methoxy groups -OCH3 is 1. The summed E-state index contributed by atoms with van der Waals surface area (Å²) in [6.45, 7) is 6.27. The number of hydrogen-bond donors (Lipinski definition) is 1. The number of thiazole rings is 1. The number of likely N-dealkylation sites (N-methyl/N-ethyl adjacent to an activating group) is 1. The molecule has 0 aliphatic heterocycles. The second-order valence-electron chi connectivity index (χ2n) is 5.13. The number of aromatic nitrogens is 1. The number of ether oxygens (including phenoxy) is 1. The van der Waals surface area contributed by atoms with Gasteiger partial charge in [-0.05, 0) is 45.0 Å². The first-order valence-electron chi connectivity index (χ1n) is 6.78. The third kappa shape index (κ3) is 3.19. The Kier molecular flexibility index (Phi) is 4.78. The first-order chi connectivity index (χ1) is 9.55. The molecule has 20 heavy (non-hydrogen) atoms. The molecule has 0 saturated heterocycles. The Morgan fingerprint density at radius 3 is 2.60 bits per heavy atom. The molecule has 2 rings (SSSR count). The van der Waals surface area contributed by atoms with Crippen molar-refractivity contribution in [2.24, 2.45) is 0 Å². The van der Waals surface area contributed by atoms with Crippen LogP contribution in [0.15, 0.2) is 17.5 Å². The zero-order valence-electron chi connectivity index (χ0n) is 12.8. The number of rotatable bonds is 5. The minimum atomic E-state index is 0.219. The summed E-state index contributed by atoms with van der Waals surface area (Å²) >= 11 is 1.72. The van der Waals surface area contributed by atoms with Crippen LogP contribution in [0.4, 0.5) is 0 Å². The Balaban J connectivity index is 2.36. The van der Waals surface area contributed by atoms with Gasteiger partial charge < -0.3 is 10.1 Å². The van der Waals surface area contributed by atoms with Crippen LogP contribution in [0.1, 0.15) is 33.4 Å². The van der Waals surface area contributed by atoms with E-state index in [9.17, 15) is 0 Å². The van der Waals surface area contributed by atoms with Gasteiger partial charge in [0.15, 0.2) is 0 Å². The number of aryl methyl sites for hydroxylation is 3. The molecule has 1 unspecified atom stereocenters. The van der Waals surface area contributed by atoms with Gasteiger partial charge >= 0.3 is 0 Å². The third-order valence-electron chi connectivity index (χ3n) is 3.46. The molecule has 0 radical (unpaired) electrons. The maximum absolute atomic E-state index is 5.58. The van der Waals surface area contributed by atoms with Crippen molar-refractivity contribution in [1.29, 1.82) is 0 Å². The minimum absolute atomic E-state index is 0.219. The van der Waals surface area contributed by atoms with Gasteiger partial charge in [-0.15, -0.1) is 11.3 Å². The monoisotopic (exact) mass is 290 g/mol. The topological polar surface area (TPSA) is 34.2 Å². The molecule has 0 saturated carbocycles. The van der Waals surface area contributed by atoms with E-state index in [1.807, 2.05) is 14.0 Å². The van der Waals surface area contributed by atoms with Crippen LogP contribution >= 0.6 is 11.3 Å². The highest BCUT2D eigenvalue weighted by atomic mass is 32.1. The van der Waals surface area contributed by atoms with Crippen LogP contribution in [0.2, 0.25) is 0 Å². The Labute approximate surface area is 125 Å². The molecule has 0 bridgehead atoms. The van der Waals surface area contributed by atoms with E-state index in [4.69, 9.17) is 4.74 Å². The summed E-state index contributed by atoms with van der Waals surface area (Å²) < 4.78 is 5.58. The fourth-order valence-electron chi connectivity index (χ4n) is 2.57. The summed E-state index contributed by atoms with van der Waals surface area (Å²) in [4.78, 5) is 4.56. The van der Waals surface area contributed by atoms with Crippen LogP contribution in [0.25, 0.3) is 0 Å². The van der Waals surface area contributed by atoms with Crippen LogP contribution in [0.5, 0.6) is 5.75 Å². The SMILES string of the molecule is CNC(Cc1nc(C)cs1)c1c(C)cc(C)cc1OC. The quantitative estimate of drug-likeness (QED) is 0.914. The van der Waals surface area contributed by atoms with Crippen LogP contribution in [0.3, 0.4) is 0 Å². The molecule has 0 amide bonds. The van der Waals surface area contributed by atoms with Gasteiger partial charge in [0.05, 0.1) is 12.1 Å². The Morgan fingerprint density at radius 1 is 1.30 bits per heavy atom. The number of nitrogens with one attached hydrogen (secondary N) is 1. The van der Waals surface area contributed by atoms with Crippen molar-refractivity contribution in [2.75, 3.05) is 14.2 Å². The van der Waals surface area contributed by atoms with E-state index in [1.54, 1.807) is 18.4 Å². The summed E-state index contributed by atoms with van der Waals surface area (Å²) in [6, 6.07) is 4.52. The van der Waals surface area contributed by atoms with Crippen molar-refractivity contribution in [3.8, 4) is 5.75 Å². The molecule has 1 aromatic carbocycles. The molecule has 108 valence electrons. The first kappa shape index (κ1) is 15.0. The highest BCUT2D eigenvalue weighted by Gasteiger charge is 2.19. The summed E-state index contributed by atoms with van der Waals surface area (Å²) in [5.41, 5.74) is 4.80. The Morgan fingerprint density at radius 2 is 2.05 bits per heavy atom. The second kappa shape index (κ2) is 6.37. The molecule has 0 fully saturated rings. The summed E-state index contributed by atoms with van der Waals surface area (Å²) in [7, 11) is 3.72. The van der Waals surface area contributed by atoms with Gasteiger partial charge in [0, 0.05) is 29.1 Å². The van der Waals surface area contributed by atoms with Gasteiger partial charge in [0.2, 0.25) is 0 Å². The molecule has 1 N–H and O–H groups in total.